The molecule has 0 aliphatic heterocycles. The lowest BCUT2D eigenvalue weighted by molar-refractivity contribution is 0.0622. The molecule has 1 unspecified atom stereocenters. The number of carbonyl (C=O) groups excluding carboxylic acids is 1. The number of carbonyl (C=O) groups is 1. The van der Waals surface area contributed by atoms with Gasteiger partial charge in [-0.25, -0.2) is 4.98 Å². The quantitative estimate of drug-likeness (QED) is 0.741. The van der Waals surface area contributed by atoms with Gasteiger partial charge in [0.25, 0.3) is 5.91 Å². The second-order valence-corrected chi connectivity index (χ2v) is 8.64. The zero-order valence-electron chi connectivity index (χ0n) is 12.9. The van der Waals surface area contributed by atoms with E-state index in [0.29, 0.717) is 17.7 Å². The second-order valence-electron chi connectivity index (χ2n) is 6.07. The molecular formula is C16H19ClN2OS2. The Balaban J connectivity index is 1.83. The minimum Gasteiger partial charge on any atom is -0.331 e. The van der Waals surface area contributed by atoms with Crippen molar-refractivity contribution in [2.75, 3.05) is 0 Å². The van der Waals surface area contributed by atoms with Crippen LogP contribution in [0.2, 0.25) is 4.34 Å². The molecule has 2 aromatic rings. The number of aromatic nitrogens is 1. The first kappa shape index (κ1) is 16.0. The zero-order chi connectivity index (χ0) is 15.9. The molecule has 22 heavy (non-hydrogen) atoms. The molecule has 1 aliphatic carbocycles. The number of amides is 1. The number of hydrogen-bond donors (Lipinski definition) is 0. The van der Waals surface area contributed by atoms with Gasteiger partial charge < -0.3 is 4.90 Å². The van der Waals surface area contributed by atoms with Crippen LogP contribution in [-0.2, 0) is 0 Å². The van der Waals surface area contributed by atoms with Gasteiger partial charge in [0.05, 0.1) is 9.21 Å². The van der Waals surface area contributed by atoms with E-state index in [1.807, 2.05) is 22.4 Å². The summed E-state index contributed by atoms with van der Waals surface area (Å²) in [4.78, 5) is 20.5. The van der Waals surface area contributed by atoms with E-state index in [1.165, 1.54) is 22.7 Å². The summed E-state index contributed by atoms with van der Waals surface area (Å²) in [6, 6.07) is 4.45. The van der Waals surface area contributed by atoms with E-state index in [9.17, 15) is 4.79 Å². The topological polar surface area (TPSA) is 33.2 Å². The van der Waals surface area contributed by atoms with E-state index in [1.54, 1.807) is 0 Å². The summed E-state index contributed by atoms with van der Waals surface area (Å²) in [5.74, 6) is 0.507. The van der Waals surface area contributed by atoms with Crippen LogP contribution in [0.3, 0.4) is 0 Å². The fourth-order valence-corrected chi connectivity index (χ4v) is 4.31. The second kappa shape index (κ2) is 6.30. The van der Waals surface area contributed by atoms with Gasteiger partial charge in [-0.15, -0.1) is 22.7 Å². The number of nitrogens with zero attached hydrogens (tertiary/aromatic N) is 2. The summed E-state index contributed by atoms with van der Waals surface area (Å²) in [6.45, 7) is 6.45. The lowest BCUT2D eigenvalue weighted by atomic mass is 10.0. The van der Waals surface area contributed by atoms with Gasteiger partial charge in [0.15, 0.2) is 0 Å². The zero-order valence-corrected chi connectivity index (χ0v) is 15.3. The lowest BCUT2D eigenvalue weighted by Gasteiger charge is -2.31. The molecule has 1 aliphatic rings. The van der Waals surface area contributed by atoms with Gasteiger partial charge >= 0.3 is 0 Å². The van der Waals surface area contributed by atoms with Crippen molar-refractivity contribution in [1.29, 1.82) is 0 Å². The highest BCUT2D eigenvalue weighted by atomic mass is 35.5. The molecule has 1 saturated carbocycles. The molecule has 0 radical (unpaired) electrons. The molecule has 1 amide bonds. The molecule has 6 heteroatoms. The van der Waals surface area contributed by atoms with Crippen molar-refractivity contribution < 1.29 is 4.79 Å². The smallest absolute Gasteiger partial charge is 0.273 e. The minimum absolute atomic E-state index is 0.0638. The summed E-state index contributed by atoms with van der Waals surface area (Å²) in [5, 5.41) is 2.74. The van der Waals surface area contributed by atoms with Crippen LogP contribution in [0, 0.1) is 5.92 Å². The highest BCUT2D eigenvalue weighted by Gasteiger charge is 2.37. The molecule has 1 atom stereocenters. The fraction of sp³-hybridized carbons (Fsp3) is 0.500. The third-order valence-corrected chi connectivity index (χ3v) is 6.33. The number of thiazole rings is 1. The van der Waals surface area contributed by atoms with Gasteiger partial charge in [0, 0.05) is 17.5 Å². The standard InChI is InChI=1S/C16H19ClN2OS2/c1-9(2)10(3)19(11-4-5-11)16(20)12-8-21-15(18-12)13-6-7-14(17)22-13/h6-11H,4-5H2,1-3H3. The molecule has 0 bridgehead atoms. The Morgan fingerprint density at radius 3 is 2.64 bits per heavy atom. The van der Waals surface area contributed by atoms with Crippen LogP contribution in [-0.4, -0.2) is 27.9 Å². The van der Waals surface area contributed by atoms with Gasteiger partial charge in [-0.2, -0.15) is 0 Å². The van der Waals surface area contributed by atoms with Gasteiger partial charge in [-0.1, -0.05) is 25.4 Å². The first-order valence-corrected chi connectivity index (χ1v) is 9.58. The summed E-state index contributed by atoms with van der Waals surface area (Å²) in [5.41, 5.74) is 0.559. The molecule has 0 N–H and O–H groups in total. The van der Waals surface area contributed by atoms with E-state index in [0.717, 1.165) is 27.1 Å². The molecule has 3 nitrogen and oxygen atoms in total. The molecule has 2 heterocycles. The molecule has 0 aromatic carbocycles. The number of thiophene rings is 1. The lowest BCUT2D eigenvalue weighted by Crippen LogP contribution is -2.43. The van der Waals surface area contributed by atoms with Crippen LogP contribution in [0.1, 0.15) is 44.1 Å². The van der Waals surface area contributed by atoms with Gasteiger partial charge in [0.2, 0.25) is 0 Å². The Bertz CT molecular complexity index is 675. The van der Waals surface area contributed by atoms with E-state index in [-0.39, 0.29) is 11.9 Å². The van der Waals surface area contributed by atoms with Crippen molar-refractivity contribution in [2.24, 2.45) is 5.92 Å². The van der Waals surface area contributed by atoms with Crippen LogP contribution >= 0.6 is 34.3 Å². The molecule has 1 fully saturated rings. The number of halogens is 1. The van der Waals surface area contributed by atoms with Gasteiger partial charge in [-0.3, -0.25) is 4.79 Å². The van der Waals surface area contributed by atoms with Crippen LogP contribution in [0.4, 0.5) is 0 Å². The molecule has 0 spiro atoms. The Kier molecular flexibility index (Phi) is 4.57. The predicted octanol–water partition coefficient (Wildman–Crippen LogP) is 5.17. The first-order chi connectivity index (χ1) is 10.5. The van der Waals surface area contributed by atoms with E-state index in [4.69, 9.17) is 11.6 Å². The van der Waals surface area contributed by atoms with Crippen LogP contribution in [0.5, 0.6) is 0 Å². The van der Waals surface area contributed by atoms with Crippen molar-refractivity contribution in [3.8, 4) is 9.88 Å². The minimum atomic E-state index is 0.0638. The third-order valence-electron chi connectivity index (χ3n) is 4.09. The van der Waals surface area contributed by atoms with E-state index < -0.39 is 0 Å². The predicted molar refractivity (Wildman–Crippen MR) is 93.9 cm³/mol. The van der Waals surface area contributed by atoms with Crippen LogP contribution < -0.4 is 0 Å². The normalized spacial score (nSPS) is 16.0. The Labute approximate surface area is 143 Å². The molecule has 2 aromatic heterocycles. The highest BCUT2D eigenvalue weighted by molar-refractivity contribution is 7.23. The highest BCUT2D eigenvalue weighted by Crippen LogP contribution is 2.35. The maximum absolute atomic E-state index is 12.9. The van der Waals surface area contributed by atoms with Crippen LogP contribution in [0.15, 0.2) is 17.5 Å². The first-order valence-electron chi connectivity index (χ1n) is 7.51. The molecule has 3 rings (SSSR count). The molecule has 118 valence electrons. The Morgan fingerprint density at radius 2 is 2.09 bits per heavy atom. The SMILES string of the molecule is CC(C)C(C)N(C(=O)c1csc(-c2ccc(Cl)s2)n1)C1CC1. The maximum Gasteiger partial charge on any atom is 0.273 e. The largest absolute Gasteiger partial charge is 0.331 e. The average Bonchev–Trinajstić information content (AvgIpc) is 3.01. The number of rotatable bonds is 5. The molecular weight excluding hydrogens is 336 g/mol. The van der Waals surface area contributed by atoms with Crippen molar-refractivity contribution in [3.05, 3.63) is 27.5 Å². The van der Waals surface area contributed by atoms with E-state index in [2.05, 4.69) is 25.8 Å². The van der Waals surface area contributed by atoms with Crippen molar-refractivity contribution >= 4 is 40.2 Å². The molecule has 0 saturated heterocycles. The van der Waals surface area contributed by atoms with Crippen molar-refractivity contribution in [2.45, 2.75) is 45.7 Å². The number of hydrogen-bond acceptors (Lipinski definition) is 4. The monoisotopic (exact) mass is 354 g/mol. The third kappa shape index (κ3) is 3.21. The summed E-state index contributed by atoms with van der Waals surface area (Å²) < 4.78 is 0.742. The van der Waals surface area contributed by atoms with E-state index >= 15 is 0 Å². The fourth-order valence-electron chi connectivity index (χ4n) is 2.40. The maximum atomic E-state index is 12.9. The summed E-state index contributed by atoms with van der Waals surface area (Å²) in [7, 11) is 0. The summed E-state index contributed by atoms with van der Waals surface area (Å²) >= 11 is 8.98. The van der Waals surface area contributed by atoms with Crippen molar-refractivity contribution in [1.82, 2.24) is 9.88 Å². The summed E-state index contributed by atoms with van der Waals surface area (Å²) in [6.07, 6.45) is 2.22. The average molecular weight is 355 g/mol. The van der Waals surface area contributed by atoms with Gasteiger partial charge in [0.1, 0.15) is 10.7 Å². The van der Waals surface area contributed by atoms with Crippen LogP contribution in [0.25, 0.3) is 9.88 Å². The Morgan fingerprint density at radius 1 is 1.36 bits per heavy atom. The Hall–Kier alpha value is -0.910. The van der Waals surface area contributed by atoms with Crippen molar-refractivity contribution in [3.63, 3.8) is 0 Å². The van der Waals surface area contributed by atoms with Gasteiger partial charge in [-0.05, 0) is 37.8 Å².